The van der Waals surface area contributed by atoms with Crippen molar-refractivity contribution in [3.8, 4) is 0 Å². The van der Waals surface area contributed by atoms with Crippen LogP contribution in [0.3, 0.4) is 0 Å². The topological polar surface area (TPSA) is 3.24 Å². The summed E-state index contributed by atoms with van der Waals surface area (Å²) in [6.07, 6.45) is 3.75. The molecule has 1 nitrogen and oxygen atoms in total. The van der Waals surface area contributed by atoms with Gasteiger partial charge in [0.15, 0.2) is 0 Å². The predicted molar refractivity (Wildman–Crippen MR) is 51.3 cm³/mol. The molecule has 0 unspecified atom stereocenters. The Kier molecular flexibility index (Phi) is 2.48. The smallest absolute Gasteiger partial charge is 0.133 e. The predicted octanol–water partition coefficient (Wildman–Crippen LogP) is 2.62. The Bertz CT molecular complexity index is 279. The van der Waals surface area contributed by atoms with Crippen LogP contribution >= 0.6 is 0 Å². The van der Waals surface area contributed by atoms with Crippen molar-refractivity contribution < 1.29 is 4.39 Å². The van der Waals surface area contributed by atoms with Crippen molar-refractivity contribution >= 4 is 5.69 Å². The number of nitrogens with zero attached hydrogens (tertiary/aromatic N) is 1. The van der Waals surface area contributed by atoms with Crippen LogP contribution in [0.5, 0.6) is 0 Å². The molecule has 0 saturated carbocycles. The second-order valence-corrected chi connectivity index (χ2v) is 3.44. The fraction of sp³-hybridized carbons (Fsp3) is 0.455. The molecule has 1 aromatic rings. The molecule has 2 rings (SSSR count). The van der Waals surface area contributed by atoms with Crippen LogP contribution in [0.15, 0.2) is 18.2 Å². The third kappa shape index (κ3) is 2.00. The van der Waals surface area contributed by atoms with Crippen LogP contribution in [0.1, 0.15) is 19.3 Å². The SMILES string of the molecule is Fc1[c]ccc(N2CCCCC2)c1. The van der Waals surface area contributed by atoms with Gasteiger partial charge in [-0.3, -0.25) is 0 Å². The normalized spacial score (nSPS) is 17.5. The highest BCUT2D eigenvalue weighted by molar-refractivity contribution is 5.46. The van der Waals surface area contributed by atoms with E-state index in [1.165, 1.54) is 19.3 Å². The van der Waals surface area contributed by atoms with Gasteiger partial charge in [0.1, 0.15) is 5.82 Å². The largest absolute Gasteiger partial charge is 0.371 e. The first kappa shape index (κ1) is 8.54. The minimum absolute atomic E-state index is 0.261. The van der Waals surface area contributed by atoms with Crippen molar-refractivity contribution in [2.75, 3.05) is 18.0 Å². The molecule has 0 N–H and O–H groups in total. The van der Waals surface area contributed by atoms with Crippen molar-refractivity contribution in [1.82, 2.24) is 0 Å². The van der Waals surface area contributed by atoms with Crippen LogP contribution in [-0.2, 0) is 0 Å². The fourth-order valence-corrected chi connectivity index (χ4v) is 1.78. The van der Waals surface area contributed by atoms with Gasteiger partial charge in [-0.25, -0.2) is 4.39 Å². The molecule has 0 spiro atoms. The Morgan fingerprint density at radius 2 is 2.00 bits per heavy atom. The van der Waals surface area contributed by atoms with Crippen LogP contribution in [0.4, 0.5) is 10.1 Å². The first-order valence-electron chi connectivity index (χ1n) is 4.78. The molecule has 2 heteroatoms. The van der Waals surface area contributed by atoms with E-state index in [1.807, 2.05) is 6.07 Å². The number of rotatable bonds is 1. The number of halogens is 1. The lowest BCUT2D eigenvalue weighted by molar-refractivity contribution is 0.574. The van der Waals surface area contributed by atoms with E-state index in [1.54, 1.807) is 12.1 Å². The molecule has 1 fully saturated rings. The lowest BCUT2D eigenvalue weighted by atomic mass is 10.1. The van der Waals surface area contributed by atoms with E-state index in [4.69, 9.17) is 0 Å². The molecule has 0 aliphatic carbocycles. The maximum atomic E-state index is 12.8. The van der Waals surface area contributed by atoms with E-state index in [9.17, 15) is 4.39 Å². The molecule has 0 amide bonds. The van der Waals surface area contributed by atoms with E-state index in [2.05, 4.69) is 11.0 Å². The lowest BCUT2D eigenvalue weighted by Gasteiger charge is -2.28. The molecule has 1 aromatic carbocycles. The molecule has 0 aromatic heterocycles. The summed E-state index contributed by atoms with van der Waals surface area (Å²) in [7, 11) is 0. The van der Waals surface area contributed by atoms with Gasteiger partial charge in [-0.15, -0.1) is 0 Å². The van der Waals surface area contributed by atoms with Crippen LogP contribution in [0.2, 0.25) is 0 Å². The minimum atomic E-state index is -0.261. The second-order valence-electron chi connectivity index (χ2n) is 3.44. The van der Waals surface area contributed by atoms with Crippen molar-refractivity contribution in [2.45, 2.75) is 19.3 Å². The maximum Gasteiger partial charge on any atom is 0.133 e. The standard InChI is InChI=1S/C11H13FN/c12-10-5-4-6-11(9-10)13-7-2-1-3-8-13/h4,6,9H,1-3,7-8H2. The van der Waals surface area contributed by atoms with Gasteiger partial charge >= 0.3 is 0 Å². The summed E-state index contributed by atoms with van der Waals surface area (Å²) >= 11 is 0. The molecular formula is C11H13FN. The molecule has 1 saturated heterocycles. The first-order chi connectivity index (χ1) is 6.36. The first-order valence-corrected chi connectivity index (χ1v) is 4.78. The molecule has 13 heavy (non-hydrogen) atoms. The van der Waals surface area contributed by atoms with Gasteiger partial charge in [-0.05, 0) is 37.5 Å². The number of piperidine rings is 1. The van der Waals surface area contributed by atoms with Crippen LogP contribution < -0.4 is 4.90 Å². The monoisotopic (exact) mass is 178 g/mol. The summed E-state index contributed by atoms with van der Waals surface area (Å²) in [5.74, 6) is -0.261. The summed E-state index contributed by atoms with van der Waals surface area (Å²) < 4.78 is 12.8. The zero-order chi connectivity index (χ0) is 9.10. The molecule has 0 atom stereocenters. The Hall–Kier alpha value is -1.05. The average Bonchev–Trinajstić information content (AvgIpc) is 2.19. The molecule has 1 radical (unpaired) electrons. The highest BCUT2D eigenvalue weighted by Crippen LogP contribution is 2.19. The summed E-state index contributed by atoms with van der Waals surface area (Å²) in [5.41, 5.74) is 0.996. The fourth-order valence-electron chi connectivity index (χ4n) is 1.78. The van der Waals surface area contributed by atoms with E-state index >= 15 is 0 Å². The van der Waals surface area contributed by atoms with Crippen LogP contribution in [-0.4, -0.2) is 13.1 Å². The van der Waals surface area contributed by atoms with Gasteiger partial charge < -0.3 is 4.90 Å². The summed E-state index contributed by atoms with van der Waals surface area (Å²) in [5, 5.41) is 0. The van der Waals surface area contributed by atoms with Crippen molar-refractivity contribution in [3.05, 3.63) is 30.1 Å². The lowest BCUT2D eigenvalue weighted by Crippen LogP contribution is -2.29. The highest BCUT2D eigenvalue weighted by Gasteiger charge is 2.10. The van der Waals surface area contributed by atoms with Crippen molar-refractivity contribution in [3.63, 3.8) is 0 Å². The molecule has 1 aliphatic heterocycles. The van der Waals surface area contributed by atoms with Gasteiger partial charge in [-0.2, -0.15) is 0 Å². The second kappa shape index (κ2) is 3.77. The van der Waals surface area contributed by atoms with Crippen molar-refractivity contribution in [1.29, 1.82) is 0 Å². The van der Waals surface area contributed by atoms with Crippen molar-refractivity contribution in [2.24, 2.45) is 0 Å². The zero-order valence-electron chi connectivity index (χ0n) is 7.59. The number of anilines is 1. The zero-order valence-corrected chi connectivity index (χ0v) is 7.59. The summed E-state index contributed by atoms with van der Waals surface area (Å²) in [6.45, 7) is 2.12. The van der Waals surface area contributed by atoms with Crippen LogP contribution in [0.25, 0.3) is 0 Å². The van der Waals surface area contributed by atoms with Gasteiger partial charge in [-0.1, -0.05) is 0 Å². The van der Waals surface area contributed by atoms with E-state index < -0.39 is 0 Å². The van der Waals surface area contributed by atoms with Gasteiger partial charge in [0.25, 0.3) is 0 Å². The maximum absolute atomic E-state index is 12.8. The van der Waals surface area contributed by atoms with Gasteiger partial charge in [0.05, 0.1) is 0 Å². The molecule has 1 aliphatic rings. The number of hydrogen-bond donors (Lipinski definition) is 0. The van der Waals surface area contributed by atoms with Crippen LogP contribution in [0, 0.1) is 11.9 Å². The van der Waals surface area contributed by atoms with Gasteiger partial charge in [0, 0.05) is 24.8 Å². The Morgan fingerprint density at radius 1 is 1.23 bits per heavy atom. The Morgan fingerprint density at radius 3 is 2.69 bits per heavy atom. The highest BCUT2D eigenvalue weighted by atomic mass is 19.1. The Labute approximate surface area is 78.2 Å². The third-order valence-corrected chi connectivity index (χ3v) is 2.47. The summed E-state index contributed by atoms with van der Waals surface area (Å²) in [6, 6.07) is 7.66. The molecule has 0 bridgehead atoms. The quantitative estimate of drug-likeness (QED) is 0.639. The van der Waals surface area contributed by atoms with Gasteiger partial charge in [0.2, 0.25) is 0 Å². The average molecular weight is 178 g/mol. The third-order valence-electron chi connectivity index (χ3n) is 2.47. The number of hydrogen-bond acceptors (Lipinski definition) is 1. The Balaban J connectivity index is 2.14. The molecule has 1 heterocycles. The van der Waals surface area contributed by atoms with E-state index in [0.717, 1.165) is 18.8 Å². The number of benzene rings is 1. The summed E-state index contributed by atoms with van der Waals surface area (Å²) in [4.78, 5) is 2.24. The molecular weight excluding hydrogens is 165 g/mol. The molecule has 69 valence electrons. The van der Waals surface area contributed by atoms with E-state index in [0.29, 0.717) is 0 Å². The minimum Gasteiger partial charge on any atom is -0.371 e. The van der Waals surface area contributed by atoms with E-state index in [-0.39, 0.29) is 5.82 Å².